The van der Waals surface area contributed by atoms with Crippen LogP contribution in [0.1, 0.15) is 30.8 Å². The molecule has 0 saturated carbocycles. The van der Waals surface area contributed by atoms with Crippen LogP contribution in [0.25, 0.3) is 11.3 Å². The molecule has 1 aromatic carbocycles. The maximum Gasteiger partial charge on any atom is 0.162 e. The van der Waals surface area contributed by atoms with Crippen molar-refractivity contribution in [3.8, 4) is 22.8 Å². The van der Waals surface area contributed by atoms with Crippen molar-refractivity contribution in [2.75, 3.05) is 13.2 Å². The molecule has 1 atom stereocenters. The van der Waals surface area contributed by atoms with Crippen LogP contribution in [0.2, 0.25) is 0 Å². The standard InChI is InChI=1S/C15H18N2O2S/c1-2-3-11(16)15-17-12(9-20-15)10-4-5-13-14(8-10)19-7-6-18-13/h4-5,8-9,11H,2-3,6-7,16H2,1H3. The number of fused-ring (bicyclic) bond motifs is 1. The molecule has 3 rings (SSSR count). The monoisotopic (exact) mass is 290 g/mol. The molecule has 5 heteroatoms. The van der Waals surface area contributed by atoms with Crippen molar-refractivity contribution >= 4 is 11.3 Å². The van der Waals surface area contributed by atoms with Crippen molar-refractivity contribution < 1.29 is 9.47 Å². The Morgan fingerprint density at radius 3 is 2.90 bits per heavy atom. The second-order valence-electron chi connectivity index (χ2n) is 4.82. The molecule has 0 radical (unpaired) electrons. The summed E-state index contributed by atoms with van der Waals surface area (Å²) in [5.74, 6) is 1.60. The third kappa shape index (κ3) is 2.64. The van der Waals surface area contributed by atoms with Crippen molar-refractivity contribution in [3.63, 3.8) is 0 Å². The molecule has 0 spiro atoms. The molecule has 0 bridgehead atoms. The van der Waals surface area contributed by atoms with Gasteiger partial charge in [0.2, 0.25) is 0 Å². The van der Waals surface area contributed by atoms with Gasteiger partial charge >= 0.3 is 0 Å². The van der Waals surface area contributed by atoms with E-state index in [1.165, 1.54) is 0 Å². The number of rotatable bonds is 4. The summed E-state index contributed by atoms with van der Waals surface area (Å²) in [4.78, 5) is 4.65. The van der Waals surface area contributed by atoms with Gasteiger partial charge in [0.1, 0.15) is 18.2 Å². The summed E-state index contributed by atoms with van der Waals surface area (Å²) in [5, 5.41) is 3.05. The Morgan fingerprint density at radius 2 is 2.10 bits per heavy atom. The van der Waals surface area contributed by atoms with E-state index in [0.717, 1.165) is 40.6 Å². The largest absolute Gasteiger partial charge is 0.486 e. The minimum absolute atomic E-state index is 0.0379. The highest BCUT2D eigenvalue weighted by Gasteiger charge is 2.15. The first-order chi connectivity index (χ1) is 9.78. The Labute approximate surface area is 122 Å². The Balaban J connectivity index is 1.86. The van der Waals surface area contributed by atoms with Gasteiger partial charge in [-0.2, -0.15) is 0 Å². The van der Waals surface area contributed by atoms with Crippen LogP contribution in [0.4, 0.5) is 0 Å². The molecule has 1 aromatic heterocycles. The van der Waals surface area contributed by atoms with E-state index in [-0.39, 0.29) is 6.04 Å². The van der Waals surface area contributed by atoms with Crippen molar-refractivity contribution in [3.05, 3.63) is 28.6 Å². The van der Waals surface area contributed by atoms with E-state index in [0.29, 0.717) is 13.2 Å². The van der Waals surface area contributed by atoms with E-state index in [2.05, 4.69) is 17.3 Å². The molecule has 2 aromatic rings. The van der Waals surface area contributed by atoms with Crippen molar-refractivity contribution in [1.82, 2.24) is 4.98 Å². The number of thiazole rings is 1. The maximum absolute atomic E-state index is 6.11. The smallest absolute Gasteiger partial charge is 0.162 e. The first kappa shape index (κ1) is 13.4. The number of benzene rings is 1. The summed E-state index contributed by atoms with van der Waals surface area (Å²) in [6.45, 7) is 3.34. The van der Waals surface area contributed by atoms with E-state index in [4.69, 9.17) is 15.2 Å². The maximum atomic E-state index is 6.11. The third-order valence-electron chi connectivity index (χ3n) is 3.28. The lowest BCUT2D eigenvalue weighted by Crippen LogP contribution is -2.15. The minimum atomic E-state index is 0.0379. The molecule has 2 N–H and O–H groups in total. The average Bonchev–Trinajstić information content (AvgIpc) is 2.97. The van der Waals surface area contributed by atoms with Gasteiger partial charge < -0.3 is 15.2 Å². The number of hydrogen-bond acceptors (Lipinski definition) is 5. The van der Waals surface area contributed by atoms with Gasteiger partial charge in [0, 0.05) is 10.9 Å². The first-order valence-corrected chi connectivity index (χ1v) is 7.77. The molecular formula is C15H18N2O2S. The molecule has 20 heavy (non-hydrogen) atoms. The van der Waals surface area contributed by atoms with Gasteiger partial charge in [-0.3, -0.25) is 0 Å². The zero-order valence-electron chi connectivity index (χ0n) is 11.5. The number of nitrogens with zero attached hydrogens (tertiary/aromatic N) is 1. The van der Waals surface area contributed by atoms with E-state index in [9.17, 15) is 0 Å². The van der Waals surface area contributed by atoms with Crippen LogP contribution in [0.5, 0.6) is 11.5 Å². The quantitative estimate of drug-likeness (QED) is 0.937. The normalized spacial score (nSPS) is 15.1. The van der Waals surface area contributed by atoms with Crippen LogP contribution in [-0.4, -0.2) is 18.2 Å². The van der Waals surface area contributed by atoms with Crippen LogP contribution in [0.3, 0.4) is 0 Å². The lowest BCUT2D eigenvalue weighted by molar-refractivity contribution is 0.171. The van der Waals surface area contributed by atoms with Gasteiger partial charge in [0.25, 0.3) is 0 Å². The number of nitrogens with two attached hydrogens (primary N) is 1. The second-order valence-corrected chi connectivity index (χ2v) is 5.71. The zero-order valence-corrected chi connectivity index (χ0v) is 12.3. The highest BCUT2D eigenvalue weighted by molar-refractivity contribution is 7.10. The van der Waals surface area contributed by atoms with Gasteiger partial charge in [-0.15, -0.1) is 11.3 Å². The van der Waals surface area contributed by atoms with Gasteiger partial charge in [0.15, 0.2) is 11.5 Å². The fourth-order valence-electron chi connectivity index (χ4n) is 2.23. The molecule has 2 heterocycles. The Hall–Kier alpha value is -1.59. The fraction of sp³-hybridized carbons (Fsp3) is 0.400. The summed E-state index contributed by atoms with van der Waals surface area (Å²) in [6.07, 6.45) is 2.04. The molecule has 106 valence electrons. The third-order valence-corrected chi connectivity index (χ3v) is 4.25. The molecule has 1 aliphatic heterocycles. The summed E-state index contributed by atoms with van der Waals surface area (Å²) in [7, 11) is 0. The van der Waals surface area contributed by atoms with Crippen molar-refractivity contribution in [2.45, 2.75) is 25.8 Å². The molecule has 0 fully saturated rings. The summed E-state index contributed by atoms with van der Waals surface area (Å²) in [5.41, 5.74) is 8.11. The van der Waals surface area contributed by atoms with Gasteiger partial charge in [0.05, 0.1) is 11.7 Å². The summed E-state index contributed by atoms with van der Waals surface area (Å²) in [6, 6.07) is 5.97. The van der Waals surface area contributed by atoms with Crippen LogP contribution in [0, 0.1) is 0 Å². The van der Waals surface area contributed by atoms with Gasteiger partial charge in [-0.05, 0) is 24.6 Å². The van der Waals surface area contributed by atoms with Crippen LogP contribution < -0.4 is 15.2 Å². The highest BCUT2D eigenvalue weighted by Crippen LogP contribution is 2.35. The zero-order chi connectivity index (χ0) is 13.9. The second kappa shape index (κ2) is 5.81. The molecule has 1 unspecified atom stereocenters. The SMILES string of the molecule is CCCC(N)c1nc(-c2ccc3c(c2)OCCO3)cs1. The minimum Gasteiger partial charge on any atom is -0.486 e. The lowest BCUT2D eigenvalue weighted by Gasteiger charge is -2.18. The number of aromatic nitrogens is 1. The fourth-order valence-corrected chi connectivity index (χ4v) is 3.09. The first-order valence-electron chi connectivity index (χ1n) is 6.89. The van der Waals surface area contributed by atoms with Crippen molar-refractivity contribution in [1.29, 1.82) is 0 Å². The molecule has 4 nitrogen and oxygen atoms in total. The van der Waals surface area contributed by atoms with E-state index < -0.39 is 0 Å². The Bertz CT molecular complexity index is 597. The number of ether oxygens (including phenoxy) is 2. The summed E-state index contributed by atoms with van der Waals surface area (Å²) >= 11 is 1.62. The molecule has 0 amide bonds. The molecule has 1 aliphatic rings. The van der Waals surface area contributed by atoms with E-state index in [1.54, 1.807) is 11.3 Å². The summed E-state index contributed by atoms with van der Waals surface area (Å²) < 4.78 is 11.1. The molecular weight excluding hydrogens is 272 g/mol. The Kier molecular flexibility index (Phi) is 3.89. The topological polar surface area (TPSA) is 57.4 Å². The number of hydrogen-bond donors (Lipinski definition) is 1. The Morgan fingerprint density at radius 1 is 1.30 bits per heavy atom. The van der Waals surface area contributed by atoms with Gasteiger partial charge in [-0.1, -0.05) is 13.3 Å². The van der Waals surface area contributed by atoms with Crippen LogP contribution in [0.15, 0.2) is 23.6 Å². The van der Waals surface area contributed by atoms with Gasteiger partial charge in [-0.25, -0.2) is 4.98 Å². The predicted octanol–water partition coefficient (Wildman–Crippen LogP) is 3.38. The average molecular weight is 290 g/mol. The molecule has 0 saturated heterocycles. The van der Waals surface area contributed by atoms with E-state index in [1.807, 2.05) is 18.2 Å². The highest BCUT2D eigenvalue weighted by atomic mass is 32.1. The van der Waals surface area contributed by atoms with Crippen LogP contribution in [-0.2, 0) is 0 Å². The van der Waals surface area contributed by atoms with Crippen LogP contribution >= 0.6 is 11.3 Å². The van der Waals surface area contributed by atoms with E-state index >= 15 is 0 Å². The predicted molar refractivity (Wildman–Crippen MR) is 80.4 cm³/mol. The van der Waals surface area contributed by atoms with Crippen molar-refractivity contribution in [2.24, 2.45) is 5.73 Å². The molecule has 0 aliphatic carbocycles. The lowest BCUT2D eigenvalue weighted by atomic mass is 10.1.